The minimum absolute atomic E-state index is 0.0381. The van der Waals surface area contributed by atoms with Gasteiger partial charge in [-0.2, -0.15) is 0 Å². The molecule has 0 amide bonds. The van der Waals surface area contributed by atoms with E-state index in [1.807, 2.05) is 6.08 Å². The first-order valence-electron chi connectivity index (χ1n) is 10.7. The largest absolute Gasteiger partial charge is 0.497 e. The van der Waals surface area contributed by atoms with Crippen molar-refractivity contribution >= 4 is 22.8 Å². The van der Waals surface area contributed by atoms with Gasteiger partial charge in [-0.05, 0) is 49.4 Å². The lowest BCUT2D eigenvalue weighted by Gasteiger charge is -2.50. The number of ether oxygens (including phenoxy) is 3. The van der Waals surface area contributed by atoms with Crippen LogP contribution in [0.15, 0.2) is 43.0 Å². The predicted molar refractivity (Wildman–Crippen MR) is 115 cm³/mol. The van der Waals surface area contributed by atoms with Crippen LogP contribution in [-0.4, -0.2) is 53.2 Å². The molecule has 2 bridgehead atoms. The number of aliphatic hydroxyl groups is 1. The van der Waals surface area contributed by atoms with Crippen LogP contribution in [0.5, 0.6) is 17.4 Å². The minimum Gasteiger partial charge on any atom is -0.497 e. The number of hydrogen-bond donors (Lipinski definition) is 1. The van der Waals surface area contributed by atoms with Gasteiger partial charge in [-0.3, -0.25) is 4.90 Å². The van der Waals surface area contributed by atoms with Gasteiger partial charge in [0.25, 0.3) is 5.88 Å². The molecule has 8 nitrogen and oxygen atoms in total. The van der Waals surface area contributed by atoms with Crippen molar-refractivity contribution < 1.29 is 28.9 Å². The Labute approximate surface area is 185 Å². The van der Waals surface area contributed by atoms with Crippen LogP contribution in [0.4, 0.5) is 0 Å². The predicted octanol–water partition coefficient (Wildman–Crippen LogP) is 2.55. The standard InChI is InChI=1S/C24H24N2O6/c1-3-13-12-26-9-8-14(13)10-18(26)22(29)21-16-11-15(30-2)4-5-17(16)25-24-23(21)31-19(27)6-7-20(28)32-24/h3-7,11,13-14,18,22,29H,1,8-10,12H2,2H3/b7-6-/t13-,14?,18-,22-/m0/s1. The molecule has 4 aliphatic heterocycles. The Kier molecular flexibility index (Phi) is 5.19. The SMILES string of the molecule is C=C[C@H]1CN2CCC1C[C@H]2[C@H](O)c1c2c(nc3ccc(OC)cc13)OC(=O)/C=C\C(=O)O2. The number of aromatic nitrogens is 1. The molecule has 5 atom stereocenters. The molecule has 1 aromatic carbocycles. The smallest absolute Gasteiger partial charge is 0.337 e. The van der Waals surface area contributed by atoms with Gasteiger partial charge in [0, 0.05) is 35.7 Å². The molecule has 0 spiro atoms. The van der Waals surface area contributed by atoms with Crippen LogP contribution in [0, 0.1) is 11.8 Å². The van der Waals surface area contributed by atoms with Crippen LogP contribution in [0.25, 0.3) is 10.9 Å². The van der Waals surface area contributed by atoms with Gasteiger partial charge in [-0.25, -0.2) is 14.6 Å². The van der Waals surface area contributed by atoms with E-state index in [0.29, 0.717) is 34.1 Å². The van der Waals surface area contributed by atoms with Crippen molar-refractivity contribution in [3.8, 4) is 17.4 Å². The van der Waals surface area contributed by atoms with Crippen LogP contribution in [0.1, 0.15) is 24.5 Å². The van der Waals surface area contributed by atoms with Gasteiger partial charge in [-0.15, -0.1) is 6.58 Å². The summed E-state index contributed by atoms with van der Waals surface area (Å²) in [4.78, 5) is 31.0. The first-order valence-corrected chi connectivity index (χ1v) is 10.7. The highest BCUT2D eigenvalue weighted by Crippen LogP contribution is 2.47. The van der Waals surface area contributed by atoms with E-state index >= 15 is 0 Å². The van der Waals surface area contributed by atoms with Crippen LogP contribution < -0.4 is 14.2 Å². The highest BCUT2D eigenvalue weighted by molar-refractivity contribution is 5.97. The summed E-state index contributed by atoms with van der Waals surface area (Å²) < 4.78 is 16.2. The van der Waals surface area contributed by atoms with Gasteiger partial charge in [0.2, 0.25) is 0 Å². The molecule has 6 rings (SSSR count). The Balaban J connectivity index is 1.67. The number of rotatable bonds is 4. The third kappa shape index (κ3) is 3.45. The summed E-state index contributed by atoms with van der Waals surface area (Å²) >= 11 is 0. The number of carbonyl (C=O) groups excluding carboxylic acids is 2. The van der Waals surface area contributed by atoms with E-state index in [9.17, 15) is 14.7 Å². The number of nitrogens with zero attached hydrogens (tertiary/aromatic N) is 2. The molecule has 0 radical (unpaired) electrons. The molecular formula is C24H24N2O6. The summed E-state index contributed by atoms with van der Waals surface area (Å²) in [5.74, 6) is -0.256. The van der Waals surface area contributed by atoms with Gasteiger partial charge in [0.15, 0.2) is 5.75 Å². The Morgan fingerprint density at radius 1 is 1.28 bits per heavy atom. The maximum Gasteiger partial charge on any atom is 0.337 e. The number of benzene rings is 1. The molecule has 1 N–H and O–H groups in total. The van der Waals surface area contributed by atoms with Crippen molar-refractivity contribution in [1.82, 2.24) is 9.88 Å². The van der Waals surface area contributed by atoms with Crippen LogP contribution in [-0.2, 0) is 9.59 Å². The molecule has 166 valence electrons. The zero-order valence-electron chi connectivity index (χ0n) is 17.7. The van der Waals surface area contributed by atoms with Gasteiger partial charge in [0.1, 0.15) is 5.75 Å². The first kappa shape index (κ1) is 20.7. The molecule has 3 saturated heterocycles. The summed E-state index contributed by atoms with van der Waals surface area (Å²) in [5.41, 5.74) is 0.861. The highest BCUT2D eigenvalue weighted by atomic mass is 16.6. The third-order valence-electron chi connectivity index (χ3n) is 6.72. The minimum atomic E-state index is -0.996. The van der Waals surface area contributed by atoms with Crippen LogP contribution in [0.3, 0.4) is 0 Å². The summed E-state index contributed by atoms with van der Waals surface area (Å²) in [6.45, 7) is 5.66. The Morgan fingerprint density at radius 3 is 2.75 bits per heavy atom. The quantitative estimate of drug-likeness (QED) is 0.577. The molecule has 0 saturated carbocycles. The summed E-state index contributed by atoms with van der Waals surface area (Å²) in [5, 5.41) is 12.2. The van der Waals surface area contributed by atoms with Crippen molar-refractivity contribution in [3.63, 3.8) is 0 Å². The number of fused-ring (bicyclic) bond motifs is 5. The van der Waals surface area contributed by atoms with Gasteiger partial charge in [0.05, 0.1) is 18.7 Å². The molecule has 5 heterocycles. The average molecular weight is 436 g/mol. The normalized spacial score (nSPS) is 28.7. The van der Waals surface area contributed by atoms with Gasteiger partial charge >= 0.3 is 11.9 Å². The molecular weight excluding hydrogens is 412 g/mol. The van der Waals surface area contributed by atoms with Crippen molar-refractivity contribution in [1.29, 1.82) is 0 Å². The molecule has 2 aromatic rings. The summed E-state index contributed by atoms with van der Waals surface area (Å²) in [6, 6.07) is 5.01. The lowest BCUT2D eigenvalue weighted by atomic mass is 9.73. The average Bonchev–Trinajstić information content (AvgIpc) is 2.81. The molecule has 4 aliphatic rings. The highest BCUT2D eigenvalue weighted by Gasteiger charge is 2.43. The van der Waals surface area contributed by atoms with E-state index in [1.54, 1.807) is 25.3 Å². The number of methoxy groups -OCH3 is 1. The van der Waals surface area contributed by atoms with E-state index in [4.69, 9.17) is 14.2 Å². The number of carbonyl (C=O) groups is 2. The van der Waals surface area contributed by atoms with Crippen molar-refractivity contribution in [2.24, 2.45) is 11.8 Å². The van der Waals surface area contributed by atoms with Gasteiger partial charge in [-0.1, -0.05) is 6.08 Å². The molecule has 1 aromatic heterocycles. The number of pyridine rings is 1. The molecule has 8 heteroatoms. The zero-order chi connectivity index (χ0) is 22.4. The number of aliphatic hydroxyl groups excluding tert-OH is 1. The maximum absolute atomic E-state index is 12.3. The molecule has 0 aliphatic carbocycles. The second-order valence-corrected chi connectivity index (χ2v) is 8.41. The lowest BCUT2D eigenvalue weighted by Crippen LogP contribution is -2.54. The van der Waals surface area contributed by atoms with E-state index in [1.165, 1.54) is 0 Å². The lowest BCUT2D eigenvalue weighted by molar-refractivity contribution is -0.133. The topological polar surface area (TPSA) is 98.2 Å². The number of esters is 2. The molecule has 3 fully saturated rings. The van der Waals surface area contributed by atoms with Crippen molar-refractivity contribution in [2.75, 3.05) is 20.2 Å². The summed E-state index contributed by atoms with van der Waals surface area (Å²) in [6.07, 6.45) is 4.83. The fraction of sp³-hybridized carbons (Fsp3) is 0.375. The molecule has 32 heavy (non-hydrogen) atoms. The van der Waals surface area contributed by atoms with Crippen molar-refractivity contribution in [3.05, 3.63) is 48.6 Å². The number of hydrogen-bond acceptors (Lipinski definition) is 8. The monoisotopic (exact) mass is 436 g/mol. The Bertz CT molecular complexity index is 1140. The van der Waals surface area contributed by atoms with E-state index in [-0.39, 0.29) is 17.7 Å². The maximum atomic E-state index is 12.3. The Hall–Kier alpha value is -3.23. The van der Waals surface area contributed by atoms with E-state index in [0.717, 1.165) is 38.1 Å². The van der Waals surface area contributed by atoms with Gasteiger partial charge < -0.3 is 19.3 Å². The van der Waals surface area contributed by atoms with Crippen LogP contribution >= 0.6 is 0 Å². The number of piperidine rings is 3. The second kappa shape index (κ2) is 8.03. The first-order chi connectivity index (χ1) is 15.5. The third-order valence-corrected chi connectivity index (χ3v) is 6.72. The van der Waals surface area contributed by atoms with E-state index < -0.39 is 18.0 Å². The van der Waals surface area contributed by atoms with E-state index in [2.05, 4.69) is 16.5 Å². The second-order valence-electron chi connectivity index (χ2n) is 8.41. The fourth-order valence-electron chi connectivity index (χ4n) is 5.11. The van der Waals surface area contributed by atoms with Crippen molar-refractivity contribution in [2.45, 2.75) is 25.0 Å². The molecule has 2 unspecified atom stereocenters. The zero-order valence-corrected chi connectivity index (χ0v) is 17.7. The fourth-order valence-corrected chi connectivity index (χ4v) is 5.11. The summed E-state index contributed by atoms with van der Waals surface area (Å²) in [7, 11) is 1.55. The van der Waals surface area contributed by atoms with Crippen LogP contribution in [0.2, 0.25) is 0 Å². The Morgan fingerprint density at radius 2 is 2.06 bits per heavy atom.